The number of nitrogens with zero attached hydrogens (tertiary/aromatic N) is 1. The number of hydrogen-bond acceptors (Lipinski definition) is 5. The smallest absolute Gasteiger partial charge is 0.308 e. The van der Waals surface area contributed by atoms with Gasteiger partial charge in [-0.2, -0.15) is 0 Å². The van der Waals surface area contributed by atoms with Gasteiger partial charge in [-0.15, -0.1) is 23.1 Å². The van der Waals surface area contributed by atoms with Crippen LogP contribution in [-0.4, -0.2) is 47.1 Å². The van der Waals surface area contributed by atoms with Gasteiger partial charge in [0.1, 0.15) is 0 Å². The van der Waals surface area contributed by atoms with E-state index in [1.165, 1.54) is 16.7 Å². The molecule has 1 heterocycles. The number of thioether (sulfide) groups is 1. The summed E-state index contributed by atoms with van der Waals surface area (Å²) in [4.78, 5) is 36.5. The topological polar surface area (TPSA) is 86.7 Å². The molecule has 2 rings (SSSR count). The summed E-state index contributed by atoms with van der Waals surface area (Å²) in [6.45, 7) is 1.69. The zero-order valence-electron chi connectivity index (χ0n) is 14.5. The van der Waals surface area contributed by atoms with Gasteiger partial charge in [-0.3, -0.25) is 14.4 Å². The maximum absolute atomic E-state index is 12.3. The van der Waals surface area contributed by atoms with Crippen LogP contribution in [0.5, 0.6) is 0 Å². The Bertz CT molecular complexity index is 760. The third kappa shape index (κ3) is 5.89. The van der Waals surface area contributed by atoms with Crippen LogP contribution in [0.25, 0.3) is 0 Å². The van der Waals surface area contributed by atoms with E-state index in [0.717, 1.165) is 4.21 Å². The third-order valence-electron chi connectivity index (χ3n) is 3.57. The molecular formula is C18H20N2O4S2. The van der Waals surface area contributed by atoms with E-state index in [0.29, 0.717) is 17.0 Å². The molecule has 2 aromatic rings. The number of carboxylic acids is 1. The van der Waals surface area contributed by atoms with Crippen LogP contribution in [0.3, 0.4) is 0 Å². The van der Waals surface area contributed by atoms with Gasteiger partial charge < -0.3 is 15.3 Å². The van der Waals surface area contributed by atoms with Crippen LogP contribution >= 0.6 is 23.1 Å². The number of hydrogen-bond donors (Lipinski definition) is 2. The molecule has 1 atom stereocenters. The predicted molar refractivity (Wildman–Crippen MR) is 104 cm³/mol. The van der Waals surface area contributed by atoms with Crippen LogP contribution in [0, 0.1) is 5.92 Å². The first-order valence-corrected chi connectivity index (χ1v) is 9.78. The van der Waals surface area contributed by atoms with Crippen LogP contribution in [-0.2, 0) is 9.59 Å². The van der Waals surface area contributed by atoms with Crippen molar-refractivity contribution in [1.82, 2.24) is 4.90 Å². The van der Waals surface area contributed by atoms with E-state index < -0.39 is 11.9 Å². The van der Waals surface area contributed by atoms with E-state index >= 15 is 0 Å². The lowest BCUT2D eigenvalue weighted by Crippen LogP contribution is -2.33. The molecule has 6 nitrogen and oxygen atoms in total. The molecule has 0 aliphatic carbocycles. The van der Waals surface area contributed by atoms with Crippen molar-refractivity contribution in [2.75, 3.05) is 24.7 Å². The first-order chi connectivity index (χ1) is 12.4. The third-order valence-corrected chi connectivity index (χ3v) is 5.70. The molecule has 0 bridgehead atoms. The predicted octanol–water partition coefficient (Wildman–Crippen LogP) is 3.27. The van der Waals surface area contributed by atoms with Gasteiger partial charge in [-0.1, -0.05) is 13.0 Å². The SMILES string of the molecule is CC(CN(C)C(=O)c1ccc(NC(=O)CSc2cccs2)cc1)C(=O)O. The molecule has 1 aromatic heterocycles. The number of thiophene rings is 1. The summed E-state index contributed by atoms with van der Waals surface area (Å²) in [7, 11) is 1.57. The fourth-order valence-corrected chi connectivity index (χ4v) is 3.75. The normalized spacial score (nSPS) is 11.6. The Hall–Kier alpha value is -2.32. The van der Waals surface area contributed by atoms with E-state index in [1.54, 1.807) is 49.6 Å². The van der Waals surface area contributed by atoms with Crippen LogP contribution in [0.4, 0.5) is 5.69 Å². The van der Waals surface area contributed by atoms with Crippen molar-refractivity contribution in [2.24, 2.45) is 5.92 Å². The zero-order chi connectivity index (χ0) is 19.1. The van der Waals surface area contributed by atoms with E-state index in [-0.39, 0.29) is 18.4 Å². The molecule has 0 saturated carbocycles. The molecule has 2 amide bonds. The molecule has 8 heteroatoms. The van der Waals surface area contributed by atoms with Crippen molar-refractivity contribution in [3.63, 3.8) is 0 Å². The molecule has 0 saturated heterocycles. The van der Waals surface area contributed by atoms with Crippen LogP contribution < -0.4 is 5.32 Å². The van der Waals surface area contributed by atoms with E-state index in [9.17, 15) is 14.4 Å². The van der Waals surface area contributed by atoms with Crippen molar-refractivity contribution in [3.05, 3.63) is 47.3 Å². The number of carboxylic acid groups (broad SMARTS) is 1. The molecule has 1 aromatic carbocycles. The Morgan fingerprint density at radius 2 is 1.92 bits per heavy atom. The van der Waals surface area contributed by atoms with Crippen LogP contribution in [0.1, 0.15) is 17.3 Å². The molecular weight excluding hydrogens is 372 g/mol. The van der Waals surface area contributed by atoms with Crippen molar-refractivity contribution >= 4 is 46.6 Å². The summed E-state index contributed by atoms with van der Waals surface area (Å²) in [5.74, 6) is -1.64. The number of aliphatic carboxylic acids is 1. The molecule has 0 fully saturated rings. The van der Waals surface area contributed by atoms with Crippen molar-refractivity contribution in [3.8, 4) is 0 Å². The van der Waals surface area contributed by atoms with Gasteiger partial charge >= 0.3 is 5.97 Å². The summed E-state index contributed by atoms with van der Waals surface area (Å²) >= 11 is 3.06. The van der Waals surface area contributed by atoms with E-state index in [4.69, 9.17) is 5.11 Å². The number of benzene rings is 1. The maximum atomic E-state index is 12.3. The number of carbonyl (C=O) groups is 3. The van der Waals surface area contributed by atoms with Gasteiger partial charge in [0.25, 0.3) is 5.91 Å². The minimum Gasteiger partial charge on any atom is -0.481 e. The van der Waals surface area contributed by atoms with E-state index in [2.05, 4.69) is 5.32 Å². The largest absolute Gasteiger partial charge is 0.481 e. The summed E-state index contributed by atoms with van der Waals surface area (Å²) in [6.07, 6.45) is 0. The summed E-state index contributed by atoms with van der Waals surface area (Å²) in [5, 5.41) is 13.7. The Morgan fingerprint density at radius 3 is 2.50 bits per heavy atom. The quantitative estimate of drug-likeness (QED) is 0.674. The second-order valence-corrected chi connectivity index (χ2v) is 7.99. The standard InChI is InChI=1S/C18H20N2O4S2/c1-12(18(23)24)10-20(2)17(22)13-5-7-14(8-6-13)19-15(21)11-26-16-4-3-9-25-16/h3-9,12H,10-11H2,1-2H3,(H,19,21)(H,23,24). The Morgan fingerprint density at radius 1 is 1.23 bits per heavy atom. The number of nitrogens with one attached hydrogen (secondary N) is 1. The summed E-state index contributed by atoms with van der Waals surface area (Å²) in [5.41, 5.74) is 1.05. The Balaban J connectivity index is 1.87. The number of anilines is 1. The van der Waals surface area contributed by atoms with Crippen LogP contribution in [0.15, 0.2) is 46.0 Å². The van der Waals surface area contributed by atoms with Gasteiger partial charge in [0, 0.05) is 24.8 Å². The summed E-state index contributed by atoms with van der Waals surface area (Å²) < 4.78 is 1.08. The lowest BCUT2D eigenvalue weighted by molar-refractivity contribution is -0.141. The van der Waals surface area contributed by atoms with Gasteiger partial charge in [-0.05, 0) is 35.7 Å². The number of rotatable bonds is 8. The van der Waals surface area contributed by atoms with E-state index in [1.807, 2.05) is 17.5 Å². The van der Waals surface area contributed by atoms with Crippen molar-refractivity contribution < 1.29 is 19.5 Å². The highest BCUT2D eigenvalue weighted by Crippen LogP contribution is 2.23. The highest BCUT2D eigenvalue weighted by molar-refractivity contribution is 8.01. The molecule has 26 heavy (non-hydrogen) atoms. The minimum atomic E-state index is -0.942. The van der Waals surface area contributed by atoms with Gasteiger partial charge in [-0.25, -0.2) is 0 Å². The molecule has 138 valence electrons. The lowest BCUT2D eigenvalue weighted by atomic mass is 10.1. The average Bonchev–Trinajstić information content (AvgIpc) is 3.13. The van der Waals surface area contributed by atoms with Crippen LogP contribution in [0.2, 0.25) is 0 Å². The maximum Gasteiger partial charge on any atom is 0.308 e. The monoisotopic (exact) mass is 392 g/mol. The molecule has 0 aliphatic rings. The molecule has 0 aliphatic heterocycles. The first kappa shape index (κ1) is 20.0. The highest BCUT2D eigenvalue weighted by Gasteiger charge is 2.18. The Kier molecular flexibility index (Phi) is 7.23. The van der Waals surface area contributed by atoms with Crippen molar-refractivity contribution in [1.29, 1.82) is 0 Å². The van der Waals surface area contributed by atoms with Gasteiger partial charge in [0.15, 0.2) is 0 Å². The van der Waals surface area contributed by atoms with Gasteiger partial charge in [0.2, 0.25) is 5.91 Å². The fraction of sp³-hybridized carbons (Fsp3) is 0.278. The molecule has 0 radical (unpaired) electrons. The fourth-order valence-electron chi connectivity index (χ4n) is 2.17. The van der Waals surface area contributed by atoms with Gasteiger partial charge in [0.05, 0.1) is 15.9 Å². The summed E-state index contributed by atoms with van der Waals surface area (Å²) in [6, 6.07) is 10.5. The number of amides is 2. The first-order valence-electron chi connectivity index (χ1n) is 7.91. The molecule has 0 spiro atoms. The zero-order valence-corrected chi connectivity index (χ0v) is 16.1. The lowest BCUT2D eigenvalue weighted by Gasteiger charge is -2.19. The molecule has 2 N–H and O–H groups in total. The highest BCUT2D eigenvalue weighted by atomic mass is 32.2. The number of carbonyl (C=O) groups excluding carboxylic acids is 2. The molecule has 1 unspecified atom stereocenters. The average molecular weight is 393 g/mol. The Labute approximate surface area is 160 Å². The second-order valence-electron chi connectivity index (χ2n) is 5.77. The minimum absolute atomic E-state index is 0.116. The van der Waals surface area contributed by atoms with Crippen molar-refractivity contribution in [2.45, 2.75) is 11.1 Å². The second kappa shape index (κ2) is 9.40.